The Bertz CT molecular complexity index is 1070. The second kappa shape index (κ2) is 11.7. The third kappa shape index (κ3) is 7.45. The Morgan fingerprint density at radius 2 is 1.74 bits per heavy atom. The first-order chi connectivity index (χ1) is 16.6. The van der Waals surface area contributed by atoms with E-state index in [0.29, 0.717) is 29.1 Å². The third-order valence-corrected chi connectivity index (χ3v) is 6.29. The summed E-state index contributed by atoms with van der Waals surface area (Å²) in [5, 5.41) is 26.8. The zero-order chi connectivity index (χ0) is 25.5. The topological polar surface area (TPSA) is 137 Å². The largest absolute Gasteiger partial charge is 0.506 e. The number of ether oxygens (including phenoxy) is 1. The van der Waals surface area contributed by atoms with Crippen molar-refractivity contribution in [3.05, 3.63) is 48.0 Å². The molecular weight excluding hydrogens is 450 g/mol. The molecule has 9 nitrogen and oxygen atoms in total. The molecule has 3 amide bonds. The van der Waals surface area contributed by atoms with Crippen LogP contribution in [0.3, 0.4) is 0 Å². The Labute approximate surface area is 204 Å². The number of amides is 3. The number of nitrogens with one attached hydrogen (secondary N) is 3. The number of hydrogen-bond acceptors (Lipinski definition) is 5. The lowest BCUT2D eigenvalue weighted by molar-refractivity contribution is -0.126. The molecule has 3 atom stereocenters. The average Bonchev–Trinajstić information content (AvgIpc) is 2.79. The molecule has 0 bridgehead atoms. The van der Waals surface area contributed by atoms with Gasteiger partial charge in [0.15, 0.2) is 0 Å². The first kappa shape index (κ1) is 26.0. The fraction of sp³-hybridized carbons (Fsp3) is 0.423. The molecule has 0 aromatic heterocycles. The molecule has 2 aromatic carbocycles. The molecule has 0 radical (unpaired) electrons. The van der Waals surface area contributed by atoms with E-state index < -0.39 is 12.0 Å². The number of phenols is 1. The van der Waals surface area contributed by atoms with Gasteiger partial charge < -0.3 is 30.9 Å². The monoisotopic (exact) mass is 483 g/mol. The Morgan fingerprint density at radius 3 is 2.40 bits per heavy atom. The van der Waals surface area contributed by atoms with Crippen LogP contribution in [0.1, 0.15) is 50.4 Å². The summed E-state index contributed by atoms with van der Waals surface area (Å²) in [6.07, 6.45) is 3.33. The maximum Gasteiger partial charge on any atom is 0.335 e. The smallest absolute Gasteiger partial charge is 0.335 e. The molecule has 35 heavy (non-hydrogen) atoms. The molecule has 1 aliphatic carbocycles. The number of aromatic carboxylic acids is 1. The predicted molar refractivity (Wildman–Crippen MR) is 134 cm³/mol. The quantitative estimate of drug-likeness (QED) is 0.329. The lowest BCUT2D eigenvalue weighted by Crippen LogP contribution is -2.36. The minimum absolute atomic E-state index is 0.0373. The summed E-state index contributed by atoms with van der Waals surface area (Å²) in [5.74, 6) is -0.284. The van der Waals surface area contributed by atoms with Crippen molar-refractivity contribution in [1.82, 2.24) is 0 Å². The highest BCUT2D eigenvalue weighted by atomic mass is 16.5. The maximum atomic E-state index is 12.5. The van der Waals surface area contributed by atoms with Gasteiger partial charge in [0.25, 0.3) is 0 Å². The van der Waals surface area contributed by atoms with E-state index in [4.69, 9.17) is 9.84 Å². The molecule has 0 aliphatic heterocycles. The number of anilines is 3. The van der Waals surface area contributed by atoms with E-state index in [0.717, 1.165) is 18.9 Å². The summed E-state index contributed by atoms with van der Waals surface area (Å²) in [6, 6.07) is 9.62. The van der Waals surface area contributed by atoms with E-state index in [1.165, 1.54) is 18.6 Å². The SMILES string of the molecule is CC1CCC(C(C)C)C(OCC(=O)Nc2cccc(NC(=O)Nc3ccc(C(=O)O)cc3O)c2)C1. The first-order valence-electron chi connectivity index (χ1n) is 11.8. The number of carbonyl (C=O) groups excluding carboxylic acids is 2. The van der Waals surface area contributed by atoms with Gasteiger partial charge in [-0.1, -0.05) is 33.3 Å². The van der Waals surface area contributed by atoms with Crippen LogP contribution in [0, 0.1) is 17.8 Å². The zero-order valence-electron chi connectivity index (χ0n) is 20.2. The Balaban J connectivity index is 1.53. The van der Waals surface area contributed by atoms with Gasteiger partial charge in [-0.05, 0) is 67.0 Å². The number of hydrogen-bond donors (Lipinski definition) is 5. The van der Waals surface area contributed by atoms with Crippen LogP contribution in [0.4, 0.5) is 21.9 Å². The Kier molecular flexibility index (Phi) is 8.70. The number of carbonyl (C=O) groups is 3. The molecule has 1 fully saturated rings. The highest BCUT2D eigenvalue weighted by Crippen LogP contribution is 2.35. The zero-order valence-corrected chi connectivity index (χ0v) is 20.2. The van der Waals surface area contributed by atoms with Crippen molar-refractivity contribution in [3.63, 3.8) is 0 Å². The van der Waals surface area contributed by atoms with Crippen LogP contribution in [0.2, 0.25) is 0 Å². The minimum Gasteiger partial charge on any atom is -0.506 e. The Hall–Kier alpha value is -3.59. The molecule has 3 unspecified atom stereocenters. The van der Waals surface area contributed by atoms with Crippen molar-refractivity contribution in [2.45, 2.75) is 46.1 Å². The van der Waals surface area contributed by atoms with Crippen LogP contribution in [-0.2, 0) is 9.53 Å². The fourth-order valence-corrected chi connectivity index (χ4v) is 4.42. The van der Waals surface area contributed by atoms with Crippen LogP contribution < -0.4 is 16.0 Å². The summed E-state index contributed by atoms with van der Waals surface area (Å²) in [4.78, 5) is 35.8. The van der Waals surface area contributed by atoms with Gasteiger partial charge in [0.2, 0.25) is 5.91 Å². The van der Waals surface area contributed by atoms with Gasteiger partial charge in [-0.25, -0.2) is 9.59 Å². The standard InChI is InChI=1S/C26H33N3O6/c1-15(2)20-9-7-16(3)11-23(20)35-14-24(31)27-18-5-4-6-19(13-18)28-26(34)29-21-10-8-17(25(32)33)12-22(21)30/h4-6,8,10,12-13,15-16,20,23,30H,7,9,11,14H2,1-3H3,(H,27,31)(H,32,33)(H2,28,29,34). The van der Waals surface area contributed by atoms with Crippen LogP contribution in [0.15, 0.2) is 42.5 Å². The predicted octanol–water partition coefficient (Wildman–Crippen LogP) is 5.15. The Morgan fingerprint density at radius 1 is 1.03 bits per heavy atom. The van der Waals surface area contributed by atoms with Gasteiger partial charge in [-0.3, -0.25) is 4.79 Å². The van der Waals surface area contributed by atoms with Gasteiger partial charge in [0.1, 0.15) is 12.4 Å². The van der Waals surface area contributed by atoms with Crippen molar-refractivity contribution in [1.29, 1.82) is 0 Å². The number of carboxylic acids is 1. The lowest BCUT2D eigenvalue weighted by Gasteiger charge is -2.37. The van der Waals surface area contributed by atoms with Crippen molar-refractivity contribution < 1.29 is 29.3 Å². The number of phenolic OH excluding ortho intramolecular Hbond substituents is 1. The molecular formula is C26H33N3O6. The maximum absolute atomic E-state index is 12.5. The van der Waals surface area contributed by atoms with Crippen LogP contribution in [0.25, 0.3) is 0 Å². The van der Waals surface area contributed by atoms with Crippen LogP contribution in [-0.4, -0.2) is 40.8 Å². The number of rotatable bonds is 8. The van der Waals surface area contributed by atoms with E-state index in [9.17, 15) is 19.5 Å². The van der Waals surface area contributed by atoms with E-state index >= 15 is 0 Å². The molecule has 5 N–H and O–H groups in total. The van der Waals surface area contributed by atoms with Gasteiger partial charge >= 0.3 is 12.0 Å². The molecule has 9 heteroatoms. The van der Waals surface area contributed by atoms with Crippen molar-refractivity contribution in [2.75, 3.05) is 22.6 Å². The summed E-state index contributed by atoms with van der Waals surface area (Å²) >= 11 is 0. The molecule has 1 aliphatic rings. The van der Waals surface area contributed by atoms with Gasteiger partial charge in [0.05, 0.1) is 17.4 Å². The van der Waals surface area contributed by atoms with Gasteiger partial charge in [0, 0.05) is 11.4 Å². The number of aromatic hydroxyl groups is 1. The highest BCUT2D eigenvalue weighted by Gasteiger charge is 2.31. The first-order valence-corrected chi connectivity index (χ1v) is 11.8. The van der Waals surface area contributed by atoms with Crippen LogP contribution >= 0.6 is 0 Å². The van der Waals surface area contributed by atoms with E-state index in [1.807, 2.05) is 0 Å². The molecule has 2 aromatic rings. The van der Waals surface area contributed by atoms with E-state index in [1.54, 1.807) is 24.3 Å². The number of urea groups is 1. The third-order valence-electron chi connectivity index (χ3n) is 6.29. The van der Waals surface area contributed by atoms with Crippen molar-refractivity contribution >= 4 is 35.0 Å². The lowest BCUT2D eigenvalue weighted by atomic mass is 9.75. The van der Waals surface area contributed by atoms with Crippen molar-refractivity contribution in [3.8, 4) is 5.75 Å². The van der Waals surface area contributed by atoms with Gasteiger partial charge in [-0.2, -0.15) is 0 Å². The molecule has 188 valence electrons. The summed E-state index contributed by atoms with van der Waals surface area (Å²) in [5.41, 5.74) is 0.885. The normalized spacial score (nSPS) is 19.7. The summed E-state index contributed by atoms with van der Waals surface area (Å²) in [7, 11) is 0. The van der Waals surface area contributed by atoms with E-state index in [-0.39, 0.29) is 35.6 Å². The summed E-state index contributed by atoms with van der Waals surface area (Å²) < 4.78 is 6.00. The second-order valence-corrected chi connectivity index (χ2v) is 9.42. The minimum atomic E-state index is -1.19. The van der Waals surface area contributed by atoms with Crippen LogP contribution in [0.5, 0.6) is 5.75 Å². The molecule has 3 rings (SSSR count). The van der Waals surface area contributed by atoms with Gasteiger partial charge in [-0.15, -0.1) is 0 Å². The number of carboxylic acid groups (broad SMARTS) is 1. The number of benzene rings is 2. The molecule has 1 saturated carbocycles. The van der Waals surface area contributed by atoms with E-state index in [2.05, 4.69) is 36.7 Å². The summed E-state index contributed by atoms with van der Waals surface area (Å²) in [6.45, 7) is 6.56. The highest BCUT2D eigenvalue weighted by molar-refractivity contribution is 6.02. The second-order valence-electron chi connectivity index (χ2n) is 9.42. The molecule has 0 saturated heterocycles. The van der Waals surface area contributed by atoms with Crippen molar-refractivity contribution in [2.24, 2.45) is 17.8 Å². The fourth-order valence-electron chi connectivity index (χ4n) is 4.42. The average molecular weight is 484 g/mol. The molecule has 0 spiro atoms. The molecule has 0 heterocycles.